The number of nitro groups is 1. The van der Waals surface area contributed by atoms with Crippen molar-refractivity contribution in [2.75, 3.05) is 57.3 Å². The summed E-state index contributed by atoms with van der Waals surface area (Å²) in [6.45, 7) is 5.09. The van der Waals surface area contributed by atoms with Crippen LogP contribution in [-0.2, 0) is 10.0 Å². The lowest BCUT2D eigenvalue weighted by Crippen LogP contribution is -2.48. The molecule has 9 nitrogen and oxygen atoms in total. The third-order valence-electron chi connectivity index (χ3n) is 5.97. The summed E-state index contributed by atoms with van der Waals surface area (Å²) in [5.74, 6) is 0.841. The third-order valence-corrected chi connectivity index (χ3v) is 7.90. The van der Waals surface area contributed by atoms with Crippen LogP contribution in [0.25, 0.3) is 0 Å². The first kappa shape index (κ1) is 22.5. The van der Waals surface area contributed by atoms with Crippen molar-refractivity contribution in [3.8, 4) is 5.75 Å². The molecule has 10 heteroatoms. The summed E-state index contributed by atoms with van der Waals surface area (Å²) in [5, 5.41) is 11.3. The normalized spacial score (nSPS) is 18.1. The van der Waals surface area contributed by atoms with Gasteiger partial charge in [0, 0.05) is 57.9 Å². The van der Waals surface area contributed by atoms with E-state index in [4.69, 9.17) is 4.74 Å². The molecule has 0 unspecified atom stereocenters. The zero-order valence-electron chi connectivity index (χ0n) is 17.9. The van der Waals surface area contributed by atoms with E-state index < -0.39 is 14.9 Å². The van der Waals surface area contributed by atoms with Gasteiger partial charge in [-0.3, -0.25) is 15.0 Å². The molecule has 0 aromatic heterocycles. The van der Waals surface area contributed by atoms with E-state index in [1.54, 1.807) is 6.07 Å². The fourth-order valence-electron chi connectivity index (χ4n) is 4.17. The third kappa shape index (κ3) is 5.03. The molecule has 0 spiro atoms. The molecule has 32 heavy (non-hydrogen) atoms. The molecule has 4 rings (SSSR count). The molecule has 172 valence electrons. The predicted molar refractivity (Wildman–Crippen MR) is 122 cm³/mol. The lowest BCUT2D eigenvalue weighted by atomic mass is 10.2. The summed E-state index contributed by atoms with van der Waals surface area (Å²) < 4.78 is 33.7. The summed E-state index contributed by atoms with van der Waals surface area (Å²) >= 11 is 0. The van der Waals surface area contributed by atoms with Crippen molar-refractivity contribution >= 4 is 21.4 Å². The maximum Gasteiger partial charge on any atom is 0.270 e. The molecule has 0 atom stereocenters. The van der Waals surface area contributed by atoms with E-state index in [9.17, 15) is 18.5 Å². The highest BCUT2D eigenvalue weighted by atomic mass is 32.2. The molecule has 0 radical (unpaired) electrons. The Balaban J connectivity index is 1.44. The number of rotatable bonds is 8. The van der Waals surface area contributed by atoms with Gasteiger partial charge in [-0.25, -0.2) is 8.42 Å². The number of anilines is 1. The number of piperazine rings is 1. The monoisotopic (exact) mass is 460 g/mol. The molecule has 2 aromatic carbocycles. The summed E-state index contributed by atoms with van der Waals surface area (Å²) in [4.78, 5) is 15.1. The van der Waals surface area contributed by atoms with E-state index >= 15 is 0 Å². The average Bonchev–Trinajstić information content (AvgIpc) is 3.36. The van der Waals surface area contributed by atoms with Crippen LogP contribution in [0.3, 0.4) is 0 Å². The number of nitro benzene ring substituents is 1. The summed E-state index contributed by atoms with van der Waals surface area (Å²) in [5.41, 5.74) is 0.339. The van der Waals surface area contributed by atoms with Crippen molar-refractivity contribution in [2.45, 2.75) is 17.7 Å². The van der Waals surface area contributed by atoms with Crippen LogP contribution in [0.1, 0.15) is 12.8 Å². The molecule has 0 saturated carbocycles. The Morgan fingerprint density at radius 1 is 0.938 bits per heavy atom. The van der Waals surface area contributed by atoms with Crippen molar-refractivity contribution in [1.82, 2.24) is 9.21 Å². The van der Waals surface area contributed by atoms with Gasteiger partial charge in [0.15, 0.2) is 0 Å². The summed E-state index contributed by atoms with van der Waals surface area (Å²) in [6.07, 6.45) is 1.63. The Hall–Kier alpha value is -2.69. The van der Waals surface area contributed by atoms with Gasteiger partial charge in [-0.05, 0) is 31.0 Å². The molecule has 2 aromatic rings. The van der Waals surface area contributed by atoms with Crippen LogP contribution >= 0.6 is 0 Å². The first-order valence-electron chi connectivity index (χ1n) is 10.9. The average molecular weight is 461 g/mol. The standard InChI is InChI=1S/C22H28N4O5S/c27-26(28)19-8-9-21(22(18-19)32(29,30)25-10-4-5-11-25)24-14-12-23(13-15-24)16-17-31-20-6-2-1-3-7-20/h1-3,6-9,18H,4-5,10-17H2. The number of non-ortho nitro benzene ring substituents is 1. The van der Waals surface area contributed by atoms with Crippen LogP contribution < -0.4 is 9.64 Å². The molecule has 2 aliphatic rings. The van der Waals surface area contributed by atoms with E-state index in [0.29, 0.717) is 38.5 Å². The van der Waals surface area contributed by atoms with Crippen LogP contribution in [0.2, 0.25) is 0 Å². The van der Waals surface area contributed by atoms with Crippen LogP contribution in [0, 0.1) is 10.1 Å². The number of ether oxygens (including phenoxy) is 1. The molecule has 2 fully saturated rings. The Kier molecular flexibility index (Phi) is 6.92. The van der Waals surface area contributed by atoms with Crippen molar-refractivity contribution in [1.29, 1.82) is 0 Å². The zero-order valence-corrected chi connectivity index (χ0v) is 18.7. The zero-order chi connectivity index (χ0) is 22.6. The van der Waals surface area contributed by atoms with Gasteiger partial charge in [0.25, 0.3) is 5.69 Å². The van der Waals surface area contributed by atoms with Crippen LogP contribution in [0.4, 0.5) is 11.4 Å². The second kappa shape index (κ2) is 9.85. The second-order valence-electron chi connectivity index (χ2n) is 8.01. The van der Waals surface area contributed by atoms with Gasteiger partial charge in [0.1, 0.15) is 17.3 Å². The highest BCUT2D eigenvalue weighted by Gasteiger charge is 2.33. The van der Waals surface area contributed by atoms with E-state index in [2.05, 4.69) is 4.90 Å². The number of nitrogens with zero attached hydrogens (tertiary/aromatic N) is 4. The first-order valence-corrected chi connectivity index (χ1v) is 12.3. The van der Waals surface area contributed by atoms with Gasteiger partial charge in [-0.1, -0.05) is 18.2 Å². The minimum atomic E-state index is -3.78. The predicted octanol–water partition coefficient (Wildman–Crippen LogP) is 2.58. The first-order chi connectivity index (χ1) is 15.4. The number of benzene rings is 2. The Bertz CT molecular complexity index is 1030. The number of hydrogen-bond donors (Lipinski definition) is 0. The number of hydrogen-bond acceptors (Lipinski definition) is 7. The molecule has 2 heterocycles. The van der Waals surface area contributed by atoms with E-state index in [1.165, 1.54) is 16.4 Å². The van der Waals surface area contributed by atoms with E-state index in [-0.39, 0.29) is 10.6 Å². The fraction of sp³-hybridized carbons (Fsp3) is 0.455. The molecule has 0 bridgehead atoms. The van der Waals surface area contributed by atoms with Crippen molar-refractivity contribution < 1.29 is 18.1 Å². The minimum absolute atomic E-state index is 0.0365. The van der Waals surface area contributed by atoms with Crippen molar-refractivity contribution in [3.63, 3.8) is 0 Å². The molecule has 0 aliphatic carbocycles. The smallest absolute Gasteiger partial charge is 0.270 e. The number of para-hydroxylation sites is 1. The highest BCUT2D eigenvalue weighted by Crippen LogP contribution is 2.33. The van der Waals surface area contributed by atoms with Gasteiger partial charge in [0.05, 0.1) is 10.6 Å². The topological polar surface area (TPSA) is 96.2 Å². The van der Waals surface area contributed by atoms with Gasteiger partial charge in [0.2, 0.25) is 10.0 Å². The van der Waals surface area contributed by atoms with Gasteiger partial charge >= 0.3 is 0 Å². The lowest BCUT2D eigenvalue weighted by molar-refractivity contribution is -0.385. The quantitative estimate of drug-likeness (QED) is 0.441. The molecule has 2 saturated heterocycles. The van der Waals surface area contributed by atoms with Crippen LogP contribution in [-0.4, -0.2) is 75.0 Å². The molecular weight excluding hydrogens is 432 g/mol. The Morgan fingerprint density at radius 2 is 1.62 bits per heavy atom. The van der Waals surface area contributed by atoms with E-state index in [1.807, 2.05) is 35.2 Å². The van der Waals surface area contributed by atoms with Gasteiger partial charge < -0.3 is 9.64 Å². The van der Waals surface area contributed by atoms with Gasteiger partial charge in [-0.15, -0.1) is 0 Å². The maximum atomic E-state index is 13.3. The lowest BCUT2D eigenvalue weighted by Gasteiger charge is -2.37. The van der Waals surface area contributed by atoms with Gasteiger partial charge in [-0.2, -0.15) is 4.31 Å². The van der Waals surface area contributed by atoms with Crippen LogP contribution in [0.15, 0.2) is 53.4 Å². The Morgan fingerprint density at radius 3 is 2.28 bits per heavy atom. The Labute approximate surface area is 188 Å². The fourth-order valence-corrected chi connectivity index (χ4v) is 5.92. The maximum absolute atomic E-state index is 13.3. The summed E-state index contributed by atoms with van der Waals surface area (Å²) in [6, 6.07) is 13.8. The molecule has 0 amide bonds. The summed E-state index contributed by atoms with van der Waals surface area (Å²) in [7, 11) is -3.78. The molecule has 2 aliphatic heterocycles. The minimum Gasteiger partial charge on any atom is -0.492 e. The molecule has 0 N–H and O–H groups in total. The van der Waals surface area contributed by atoms with Crippen LogP contribution in [0.5, 0.6) is 5.75 Å². The second-order valence-corrected chi connectivity index (χ2v) is 9.92. The molecular formula is C22H28N4O5S. The van der Waals surface area contributed by atoms with Crippen molar-refractivity contribution in [3.05, 3.63) is 58.6 Å². The van der Waals surface area contributed by atoms with E-state index in [0.717, 1.165) is 38.2 Å². The SMILES string of the molecule is O=[N+]([O-])c1ccc(N2CCN(CCOc3ccccc3)CC2)c(S(=O)(=O)N2CCCC2)c1. The van der Waals surface area contributed by atoms with Crippen molar-refractivity contribution in [2.24, 2.45) is 0 Å². The number of sulfonamides is 1. The highest BCUT2D eigenvalue weighted by molar-refractivity contribution is 7.89. The largest absolute Gasteiger partial charge is 0.492 e.